The summed E-state index contributed by atoms with van der Waals surface area (Å²) >= 11 is 0. The summed E-state index contributed by atoms with van der Waals surface area (Å²) in [6.07, 6.45) is 4.78. The first-order valence-electron chi connectivity index (χ1n) is 4.48. The van der Waals surface area contributed by atoms with E-state index < -0.39 is 0 Å². The second kappa shape index (κ2) is 2.90. The summed E-state index contributed by atoms with van der Waals surface area (Å²) in [5.41, 5.74) is 2.47. The second-order valence-electron chi connectivity index (χ2n) is 3.57. The van der Waals surface area contributed by atoms with Crippen LogP contribution >= 0.6 is 0 Å². The van der Waals surface area contributed by atoms with Crippen LogP contribution in [0.4, 0.5) is 0 Å². The third-order valence-electron chi connectivity index (χ3n) is 2.27. The monoisotopic (exact) mass is 165 g/mol. The highest BCUT2D eigenvalue weighted by molar-refractivity contribution is 5.15. The average molecular weight is 165 g/mol. The van der Waals surface area contributed by atoms with E-state index in [-0.39, 0.29) is 0 Å². The van der Waals surface area contributed by atoms with E-state index in [9.17, 15) is 0 Å². The number of hydrogen-bond donors (Lipinski definition) is 1. The van der Waals surface area contributed by atoms with Gasteiger partial charge in [-0.3, -0.25) is 4.68 Å². The van der Waals surface area contributed by atoms with Gasteiger partial charge in [0.1, 0.15) is 0 Å². The molecule has 1 aromatic rings. The molecule has 0 unspecified atom stereocenters. The Labute approximate surface area is 72.8 Å². The minimum atomic E-state index is 0.782. The fourth-order valence-corrected chi connectivity index (χ4v) is 1.36. The lowest BCUT2D eigenvalue weighted by atomic mass is 10.2. The molecule has 1 aromatic heterocycles. The summed E-state index contributed by atoms with van der Waals surface area (Å²) in [6.45, 7) is 3.04. The largest absolute Gasteiger partial charge is 0.310 e. The zero-order chi connectivity index (χ0) is 8.55. The van der Waals surface area contributed by atoms with E-state index >= 15 is 0 Å². The molecule has 1 heterocycles. The topological polar surface area (TPSA) is 29.9 Å². The molecule has 1 aliphatic rings. The number of nitrogens with one attached hydrogen (secondary N) is 1. The molecule has 0 radical (unpaired) electrons. The molecule has 1 saturated carbocycles. The molecule has 1 N–H and O–H groups in total. The maximum absolute atomic E-state index is 4.29. The van der Waals surface area contributed by atoms with E-state index in [1.54, 1.807) is 0 Å². The highest BCUT2D eigenvalue weighted by atomic mass is 15.3. The second-order valence-corrected chi connectivity index (χ2v) is 3.57. The Balaban J connectivity index is 1.96. The minimum absolute atomic E-state index is 0.782. The van der Waals surface area contributed by atoms with E-state index in [0.717, 1.165) is 18.3 Å². The summed E-state index contributed by atoms with van der Waals surface area (Å²) in [6, 6.07) is 0.782. The van der Waals surface area contributed by atoms with Crippen molar-refractivity contribution in [2.45, 2.75) is 32.4 Å². The molecule has 2 rings (SSSR count). The van der Waals surface area contributed by atoms with Crippen LogP contribution in [0, 0.1) is 6.92 Å². The summed E-state index contributed by atoms with van der Waals surface area (Å²) in [5, 5.41) is 7.76. The highest BCUT2D eigenvalue weighted by Gasteiger charge is 2.20. The molecule has 0 saturated heterocycles. The molecule has 0 aromatic carbocycles. The molecule has 1 aliphatic carbocycles. The predicted octanol–water partition coefficient (Wildman–Crippen LogP) is 0.981. The van der Waals surface area contributed by atoms with Gasteiger partial charge in [0.05, 0.1) is 5.69 Å². The van der Waals surface area contributed by atoms with Crippen LogP contribution in [0.15, 0.2) is 6.20 Å². The van der Waals surface area contributed by atoms with E-state index in [1.165, 1.54) is 18.4 Å². The molecular weight excluding hydrogens is 150 g/mol. The summed E-state index contributed by atoms with van der Waals surface area (Å²) < 4.78 is 1.87. The number of aromatic nitrogens is 2. The number of rotatable bonds is 3. The van der Waals surface area contributed by atoms with E-state index in [4.69, 9.17) is 0 Å². The first-order valence-corrected chi connectivity index (χ1v) is 4.48. The number of aryl methyl sites for hydroxylation is 2. The molecule has 0 spiro atoms. The van der Waals surface area contributed by atoms with Crippen LogP contribution in [0.3, 0.4) is 0 Å². The van der Waals surface area contributed by atoms with Crippen molar-refractivity contribution in [1.29, 1.82) is 0 Å². The maximum atomic E-state index is 4.29. The van der Waals surface area contributed by atoms with Gasteiger partial charge in [0, 0.05) is 31.4 Å². The van der Waals surface area contributed by atoms with Gasteiger partial charge in [0.15, 0.2) is 0 Å². The third-order valence-corrected chi connectivity index (χ3v) is 2.27. The summed E-state index contributed by atoms with van der Waals surface area (Å²) in [7, 11) is 1.97. The average Bonchev–Trinajstić information content (AvgIpc) is 2.76. The van der Waals surface area contributed by atoms with Crippen LogP contribution in [0.1, 0.15) is 24.1 Å². The Bertz CT molecular complexity index is 273. The Morgan fingerprint density at radius 2 is 2.42 bits per heavy atom. The van der Waals surface area contributed by atoms with Crippen LogP contribution in [0.2, 0.25) is 0 Å². The van der Waals surface area contributed by atoms with Crippen LogP contribution in [0.5, 0.6) is 0 Å². The number of hydrogen-bond acceptors (Lipinski definition) is 2. The van der Waals surface area contributed by atoms with Crippen molar-refractivity contribution in [2.24, 2.45) is 7.05 Å². The van der Waals surface area contributed by atoms with Crippen LogP contribution in [-0.2, 0) is 13.6 Å². The van der Waals surface area contributed by atoms with Crippen molar-refractivity contribution in [3.05, 3.63) is 17.5 Å². The predicted molar refractivity (Wildman–Crippen MR) is 47.8 cm³/mol. The van der Waals surface area contributed by atoms with Gasteiger partial charge in [-0.05, 0) is 19.8 Å². The third kappa shape index (κ3) is 1.67. The lowest BCUT2D eigenvalue weighted by Gasteiger charge is -1.99. The molecule has 1 fully saturated rings. The summed E-state index contributed by atoms with van der Waals surface area (Å²) in [4.78, 5) is 0. The Hall–Kier alpha value is -0.830. The Kier molecular flexibility index (Phi) is 1.89. The molecule has 0 amide bonds. The Morgan fingerprint density at radius 3 is 2.92 bits per heavy atom. The molecule has 3 nitrogen and oxygen atoms in total. The van der Waals surface area contributed by atoms with Gasteiger partial charge >= 0.3 is 0 Å². The van der Waals surface area contributed by atoms with Gasteiger partial charge in [-0.15, -0.1) is 0 Å². The van der Waals surface area contributed by atoms with Crippen molar-refractivity contribution in [3.8, 4) is 0 Å². The Morgan fingerprint density at radius 1 is 1.67 bits per heavy atom. The van der Waals surface area contributed by atoms with E-state index in [2.05, 4.69) is 23.5 Å². The van der Waals surface area contributed by atoms with Crippen molar-refractivity contribution < 1.29 is 0 Å². The van der Waals surface area contributed by atoms with Gasteiger partial charge in [0.2, 0.25) is 0 Å². The summed E-state index contributed by atoms with van der Waals surface area (Å²) in [5.74, 6) is 0. The quantitative estimate of drug-likeness (QED) is 0.723. The zero-order valence-corrected chi connectivity index (χ0v) is 7.67. The van der Waals surface area contributed by atoms with Gasteiger partial charge in [-0.1, -0.05) is 0 Å². The van der Waals surface area contributed by atoms with Crippen LogP contribution in [0.25, 0.3) is 0 Å². The normalized spacial score (nSPS) is 16.8. The van der Waals surface area contributed by atoms with Crippen molar-refractivity contribution in [2.75, 3.05) is 0 Å². The molecule has 12 heavy (non-hydrogen) atoms. The van der Waals surface area contributed by atoms with Crippen molar-refractivity contribution in [1.82, 2.24) is 15.1 Å². The molecule has 66 valence electrons. The molecular formula is C9H15N3. The number of nitrogens with zero attached hydrogens (tertiary/aromatic N) is 2. The fourth-order valence-electron chi connectivity index (χ4n) is 1.36. The fraction of sp³-hybridized carbons (Fsp3) is 0.667. The molecule has 3 heteroatoms. The molecule has 0 bridgehead atoms. The van der Waals surface area contributed by atoms with Gasteiger partial charge in [-0.2, -0.15) is 5.10 Å². The molecule has 0 aliphatic heterocycles. The van der Waals surface area contributed by atoms with E-state index in [0.29, 0.717) is 0 Å². The minimum Gasteiger partial charge on any atom is -0.310 e. The first kappa shape index (κ1) is 7.80. The van der Waals surface area contributed by atoms with Crippen molar-refractivity contribution >= 4 is 0 Å². The van der Waals surface area contributed by atoms with Crippen LogP contribution < -0.4 is 5.32 Å². The lowest BCUT2D eigenvalue weighted by Crippen LogP contribution is -2.15. The van der Waals surface area contributed by atoms with E-state index in [1.807, 2.05) is 11.7 Å². The zero-order valence-electron chi connectivity index (χ0n) is 7.67. The van der Waals surface area contributed by atoms with Crippen LogP contribution in [-0.4, -0.2) is 15.8 Å². The maximum Gasteiger partial charge on any atom is 0.0638 e. The van der Waals surface area contributed by atoms with Gasteiger partial charge in [-0.25, -0.2) is 0 Å². The van der Waals surface area contributed by atoms with Crippen molar-refractivity contribution in [3.63, 3.8) is 0 Å². The lowest BCUT2D eigenvalue weighted by molar-refractivity contribution is 0.684. The standard InChI is InChI=1S/C9H15N3/c1-7-8(6-12(2)11-7)5-10-9-3-4-9/h6,9-10H,3-5H2,1-2H3. The smallest absolute Gasteiger partial charge is 0.0638 e. The van der Waals surface area contributed by atoms with Gasteiger partial charge < -0.3 is 5.32 Å². The SMILES string of the molecule is Cc1nn(C)cc1CNC1CC1. The molecule has 0 atom stereocenters. The first-order chi connectivity index (χ1) is 5.75. The highest BCUT2D eigenvalue weighted by Crippen LogP contribution is 2.19. The van der Waals surface area contributed by atoms with Gasteiger partial charge in [0.25, 0.3) is 0 Å².